The summed E-state index contributed by atoms with van der Waals surface area (Å²) in [5, 5.41) is 11.0. The van der Waals surface area contributed by atoms with E-state index in [-0.39, 0.29) is 41.7 Å². The molecule has 1 N–H and O–H groups in total. The Morgan fingerprint density at radius 2 is 1.45 bits per heavy atom. The lowest BCUT2D eigenvalue weighted by atomic mass is 9.89. The molecule has 1 amide bonds. The Labute approximate surface area is 291 Å². The van der Waals surface area contributed by atoms with Gasteiger partial charge in [-0.1, -0.05) is 36.9 Å². The molecule has 1 saturated carbocycles. The standard InChI is InChI=1S/C38H44FNO8S/c1-24(49-30-15-13-29(39)14-16-30)47-36-26(12-9-19-40(42)38(41)25-10-7-6-8-11-25)20-27(21-33(36)43-2)31-17-18-32(48-31)28-22-34(44-3)37(46-5)35(23-28)45-4/h13-16,20-25,31-32,42H,6-8,10-12,17-18H2,1-5H3. The number of hydrogen-bond donors (Lipinski definition) is 1. The molecular formula is C38H44FNO8S. The minimum atomic E-state index is -0.369. The van der Waals surface area contributed by atoms with Crippen molar-refractivity contribution >= 4 is 17.7 Å². The van der Waals surface area contributed by atoms with E-state index in [0.29, 0.717) is 39.4 Å². The number of nitrogens with zero attached hydrogens (tertiary/aromatic N) is 1. The molecule has 1 aliphatic heterocycles. The Balaban J connectivity index is 1.41. The van der Waals surface area contributed by atoms with Crippen molar-refractivity contribution in [1.29, 1.82) is 0 Å². The van der Waals surface area contributed by atoms with E-state index in [2.05, 4.69) is 12.0 Å². The van der Waals surface area contributed by atoms with Gasteiger partial charge in [-0.3, -0.25) is 10.0 Å². The monoisotopic (exact) mass is 693 g/mol. The highest BCUT2D eigenvalue weighted by Gasteiger charge is 2.31. The van der Waals surface area contributed by atoms with Crippen LogP contribution in [0.25, 0.3) is 0 Å². The van der Waals surface area contributed by atoms with Crippen molar-refractivity contribution in [3.8, 4) is 40.7 Å². The predicted molar refractivity (Wildman–Crippen MR) is 184 cm³/mol. The Hall–Kier alpha value is -4.11. The molecule has 3 aromatic rings. The Kier molecular flexibility index (Phi) is 12.6. The zero-order valence-electron chi connectivity index (χ0n) is 28.6. The van der Waals surface area contributed by atoms with Crippen molar-refractivity contribution in [2.45, 2.75) is 80.8 Å². The number of ether oxygens (including phenoxy) is 6. The topological polar surface area (TPSA) is 95.9 Å². The maximum atomic E-state index is 13.5. The van der Waals surface area contributed by atoms with Crippen molar-refractivity contribution in [1.82, 2.24) is 5.06 Å². The van der Waals surface area contributed by atoms with Crippen LogP contribution < -0.4 is 23.7 Å². The van der Waals surface area contributed by atoms with Crippen LogP contribution in [0.1, 0.15) is 80.8 Å². The fourth-order valence-electron chi connectivity index (χ4n) is 6.38. The highest BCUT2D eigenvalue weighted by atomic mass is 32.2. The van der Waals surface area contributed by atoms with Crippen LogP contribution in [0.15, 0.2) is 53.4 Å². The van der Waals surface area contributed by atoms with Gasteiger partial charge in [-0.05, 0) is 92.3 Å². The van der Waals surface area contributed by atoms with E-state index in [4.69, 9.17) is 28.4 Å². The van der Waals surface area contributed by atoms with Gasteiger partial charge >= 0.3 is 0 Å². The van der Waals surface area contributed by atoms with Gasteiger partial charge < -0.3 is 28.4 Å². The second kappa shape index (κ2) is 17.0. The average molecular weight is 694 g/mol. The first-order valence-electron chi connectivity index (χ1n) is 16.5. The van der Waals surface area contributed by atoms with Crippen LogP contribution in [0.2, 0.25) is 0 Å². The smallest absolute Gasteiger partial charge is 0.261 e. The summed E-state index contributed by atoms with van der Waals surface area (Å²) in [6.07, 6.45) is 5.77. The normalized spacial score (nSPS) is 18.2. The minimum Gasteiger partial charge on any atom is -0.493 e. The van der Waals surface area contributed by atoms with Gasteiger partial charge in [0.2, 0.25) is 5.75 Å². The van der Waals surface area contributed by atoms with Gasteiger partial charge in [-0.15, -0.1) is 5.06 Å². The van der Waals surface area contributed by atoms with E-state index in [0.717, 1.165) is 61.0 Å². The second-order valence-corrected chi connectivity index (χ2v) is 13.4. The lowest BCUT2D eigenvalue weighted by Crippen LogP contribution is -2.31. The third kappa shape index (κ3) is 8.93. The maximum absolute atomic E-state index is 13.5. The number of amides is 1. The Morgan fingerprint density at radius 1 is 0.878 bits per heavy atom. The highest BCUT2D eigenvalue weighted by Crippen LogP contribution is 2.48. The van der Waals surface area contributed by atoms with Gasteiger partial charge in [-0.2, -0.15) is 0 Å². The maximum Gasteiger partial charge on any atom is 0.261 e. The van der Waals surface area contributed by atoms with Gasteiger partial charge in [0.15, 0.2) is 23.0 Å². The molecule has 262 valence electrons. The lowest BCUT2D eigenvalue weighted by molar-refractivity contribution is -0.157. The molecule has 1 heterocycles. The van der Waals surface area contributed by atoms with E-state index in [9.17, 15) is 14.4 Å². The first kappa shape index (κ1) is 36.2. The minimum absolute atomic E-state index is 0.172. The van der Waals surface area contributed by atoms with Crippen LogP contribution in [0.3, 0.4) is 0 Å². The molecule has 0 radical (unpaired) electrons. The number of rotatable bonds is 12. The molecule has 9 nitrogen and oxygen atoms in total. The van der Waals surface area contributed by atoms with Crippen molar-refractivity contribution in [3.05, 3.63) is 71.0 Å². The SMILES string of the molecule is COc1cc(C2CCC(c3cc(OC)c(OC)c(OC)c3)O2)cc(CC#CN(O)C(=O)C2CCCCC2)c1OC(C)Sc1ccc(F)cc1. The van der Waals surface area contributed by atoms with Crippen molar-refractivity contribution in [3.63, 3.8) is 0 Å². The van der Waals surface area contributed by atoms with Crippen LogP contribution in [0.5, 0.6) is 28.7 Å². The van der Waals surface area contributed by atoms with Gasteiger partial charge in [-0.25, -0.2) is 4.39 Å². The van der Waals surface area contributed by atoms with Crippen LogP contribution in [0.4, 0.5) is 4.39 Å². The summed E-state index contributed by atoms with van der Waals surface area (Å²) in [5.41, 5.74) is 2.14. The first-order chi connectivity index (χ1) is 23.7. The van der Waals surface area contributed by atoms with E-state index >= 15 is 0 Å². The number of halogens is 1. The third-order valence-corrected chi connectivity index (χ3v) is 9.82. The summed E-state index contributed by atoms with van der Waals surface area (Å²) in [4.78, 5) is 13.7. The van der Waals surface area contributed by atoms with Crippen LogP contribution >= 0.6 is 11.8 Å². The summed E-state index contributed by atoms with van der Waals surface area (Å²) in [6.45, 7) is 1.90. The molecule has 0 spiro atoms. The summed E-state index contributed by atoms with van der Waals surface area (Å²) < 4.78 is 49.0. The van der Waals surface area contributed by atoms with Crippen LogP contribution in [-0.4, -0.2) is 50.1 Å². The molecule has 1 aliphatic carbocycles. The van der Waals surface area contributed by atoms with Crippen molar-refractivity contribution in [2.24, 2.45) is 5.92 Å². The summed E-state index contributed by atoms with van der Waals surface area (Å²) in [6, 6.07) is 16.6. The lowest BCUT2D eigenvalue weighted by Gasteiger charge is -2.22. The largest absolute Gasteiger partial charge is 0.493 e. The third-order valence-electron chi connectivity index (χ3n) is 8.85. The summed E-state index contributed by atoms with van der Waals surface area (Å²) in [7, 11) is 6.31. The second-order valence-electron chi connectivity index (χ2n) is 12.1. The van der Waals surface area contributed by atoms with Crippen LogP contribution in [0, 0.1) is 23.7 Å². The van der Waals surface area contributed by atoms with Gasteiger partial charge in [0.25, 0.3) is 5.91 Å². The average Bonchev–Trinajstić information content (AvgIpc) is 3.63. The molecule has 11 heteroatoms. The van der Waals surface area contributed by atoms with Gasteiger partial charge in [0, 0.05) is 28.8 Å². The molecule has 2 fully saturated rings. The number of hydroxylamine groups is 2. The molecule has 2 aliphatic rings. The first-order valence-corrected chi connectivity index (χ1v) is 17.4. The zero-order valence-corrected chi connectivity index (χ0v) is 29.4. The summed E-state index contributed by atoms with van der Waals surface area (Å²) >= 11 is 1.43. The molecule has 1 saturated heterocycles. The molecule has 49 heavy (non-hydrogen) atoms. The molecule has 0 bridgehead atoms. The zero-order chi connectivity index (χ0) is 34.9. The number of thioether (sulfide) groups is 1. The van der Waals surface area contributed by atoms with Crippen molar-refractivity contribution < 1.29 is 42.8 Å². The predicted octanol–water partition coefficient (Wildman–Crippen LogP) is 8.27. The quantitative estimate of drug-likeness (QED) is 0.0502. The van der Waals surface area contributed by atoms with Gasteiger partial charge in [0.1, 0.15) is 11.3 Å². The number of carbonyl (C=O) groups is 1. The molecule has 5 rings (SSSR count). The van der Waals surface area contributed by atoms with Gasteiger partial charge in [0.05, 0.1) is 40.6 Å². The van der Waals surface area contributed by atoms with Crippen molar-refractivity contribution in [2.75, 3.05) is 28.4 Å². The molecule has 3 unspecified atom stereocenters. The molecule has 3 atom stereocenters. The molecular weight excluding hydrogens is 649 g/mol. The van der Waals surface area contributed by atoms with E-state index < -0.39 is 0 Å². The van der Waals surface area contributed by atoms with Crippen LogP contribution in [-0.2, 0) is 16.0 Å². The number of benzene rings is 3. The molecule has 3 aromatic carbocycles. The summed E-state index contributed by atoms with van der Waals surface area (Å²) in [5.74, 6) is 4.71. The highest BCUT2D eigenvalue weighted by molar-refractivity contribution is 7.99. The Morgan fingerprint density at radius 3 is 2.02 bits per heavy atom. The fourth-order valence-corrected chi connectivity index (χ4v) is 7.20. The van der Waals surface area contributed by atoms with E-state index in [1.807, 2.05) is 31.2 Å². The fraction of sp³-hybridized carbons (Fsp3) is 0.447. The Bertz CT molecular complexity index is 1620. The molecule has 0 aromatic heterocycles. The number of carbonyl (C=O) groups excluding carboxylic acids is 1. The number of methoxy groups -OCH3 is 4. The van der Waals surface area contributed by atoms with E-state index in [1.165, 1.54) is 23.9 Å². The van der Waals surface area contributed by atoms with E-state index in [1.54, 1.807) is 40.6 Å². The number of hydrogen-bond acceptors (Lipinski definition) is 9.